The van der Waals surface area contributed by atoms with Gasteiger partial charge in [-0.3, -0.25) is 0 Å². The maximum Gasteiger partial charge on any atom is 0.419 e. The van der Waals surface area contributed by atoms with Crippen molar-refractivity contribution in [2.24, 2.45) is 11.7 Å². The number of alkyl halides is 3. The average Bonchev–Trinajstić information content (AvgIpc) is 2.14. The van der Waals surface area contributed by atoms with E-state index in [2.05, 4.69) is 0 Å². The Labute approximate surface area is 97.6 Å². The lowest BCUT2D eigenvalue weighted by atomic mass is 9.97. The largest absolute Gasteiger partial charge is 0.419 e. The number of hydrogen-bond donors (Lipinski definition) is 1. The molecule has 1 nitrogen and oxygen atoms in total. The molecular formula is C12H15F4N. The van der Waals surface area contributed by atoms with Crippen LogP contribution in [0.3, 0.4) is 0 Å². The number of benzene rings is 1. The van der Waals surface area contributed by atoms with E-state index in [1.807, 2.05) is 13.8 Å². The molecule has 0 fully saturated rings. The molecule has 0 amide bonds. The van der Waals surface area contributed by atoms with E-state index < -0.39 is 23.6 Å². The quantitative estimate of drug-likeness (QED) is 0.808. The molecule has 1 unspecified atom stereocenters. The van der Waals surface area contributed by atoms with Gasteiger partial charge in [-0.05, 0) is 30.0 Å². The molecule has 0 aliphatic rings. The first kappa shape index (κ1) is 14.0. The van der Waals surface area contributed by atoms with Gasteiger partial charge in [0.05, 0.1) is 5.56 Å². The summed E-state index contributed by atoms with van der Waals surface area (Å²) >= 11 is 0. The normalized spacial score (nSPS) is 14.1. The molecule has 96 valence electrons. The van der Waals surface area contributed by atoms with Crippen molar-refractivity contribution in [2.75, 3.05) is 0 Å². The summed E-state index contributed by atoms with van der Waals surface area (Å²) in [5.41, 5.74) is 4.92. The van der Waals surface area contributed by atoms with E-state index in [9.17, 15) is 17.6 Å². The molecule has 0 heterocycles. The van der Waals surface area contributed by atoms with Crippen LogP contribution >= 0.6 is 0 Å². The number of hydrogen-bond acceptors (Lipinski definition) is 1. The predicted molar refractivity (Wildman–Crippen MR) is 57.8 cm³/mol. The third kappa shape index (κ3) is 3.70. The lowest BCUT2D eigenvalue weighted by Gasteiger charge is -2.16. The molecular weight excluding hydrogens is 234 g/mol. The van der Waals surface area contributed by atoms with Crippen molar-refractivity contribution in [2.45, 2.75) is 32.5 Å². The van der Waals surface area contributed by atoms with Crippen LogP contribution in [0.2, 0.25) is 0 Å². The van der Waals surface area contributed by atoms with E-state index in [0.717, 1.165) is 12.1 Å². The smallest absolute Gasteiger partial charge is 0.324 e. The van der Waals surface area contributed by atoms with Crippen molar-refractivity contribution in [1.29, 1.82) is 0 Å². The van der Waals surface area contributed by atoms with Gasteiger partial charge in [-0.15, -0.1) is 0 Å². The zero-order valence-corrected chi connectivity index (χ0v) is 9.68. The molecule has 0 saturated carbocycles. The fourth-order valence-electron chi connectivity index (χ4n) is 1.64. The average molecular weight is 249 g/mol. The molecule has 1 rings (SSSR count). The standard InChI is InChI=1S/C12H15F4N/c1-7(2)5-11(17)8-3-4-9(10(13)6-8)12(14,15)16/h3-4,6-7,11H,5,17H2,1-2H3. The van der Waals surface area contributed by atoms with Crippen LogP contribution in [0.5, 0.6) is 0 Å². The second-order valence-electron chi connectivity index (χ2n) is 4.47. The van der Waals surface area contributed by atoms with E-state index in [1.54, 1.807) is 0 Å². The Morgan fingerprint density at radius 1 is 1.24 bits per heavy atom. The van der Waals surface area contributed by atoms with E-state index in [-0.39, 0.29) is 0 Å². The summed E-state index contributed by atoms with van der Waals surface area (Å²) in [5, 5.41) is 0. The Kier molecular flexibility index (Phi) is 4.14. The van der Waals surface area contributed by atoms with E-state index in [4.69, 9.17) is 5.73 Å². The minimum Gasteiger partial charge on any atom is -0.324 e. The molecule has 0 radical (unpaired) electrons. The molecule has 5 heteroatoms. The summed E-state index contributed by atoms with van der Waals surface area (Å²) < 4.78 is 50.2. The van der Waals surface area contributed by atoms with Crippen molar-refractivity contribution in [3.05, 3.63) is 35.1 Å². The van der Waals surface area contributed by atoms with Gasteiger partial charge in [0.25, 0.3) is 0 Å². The van der Waals surface area contributed by atoms with Gasteiger partial charge in [-0.1, -0.05) is 19.9 Å². The third-order valence-corrected chi connectivity index (χ3v) is 2.45. The summed E-state index contributed by atoms with van der Waals surface area (Å²) in [7, 11) is 0. The first-order chi connectivity index (χ1) is 7.71. The van der Waals surface area contributed by atoms with Crippen LogP contribution in [0.25, 0.3) is 0 Å². The third-order valence-electron chi connectivity index (χ3n) is 2.45. The van der Waals surface area contributed by atoms with Gasteiger partial charge in [-0.25, -0.2) is 4.39 Å². The van der Waals surface area contributed by atoms with Crippen LogP contribution < -0.4 is 5.73 Å². The number of halogens is 4. The van der Waals surface area contributed by atoms with Crippen molar-refractivity contribution in [3.8, 4) is 0 Å². The molecule has 2 N–H and O–H groups in total. The highest BCUT2D eigenvalue weighted by Gasteiger charge is 2.34. The van der Waals surface area contributed by atoms with E-state index in [1.165, 1.54) is 6.07 Å². The number of nitrogens with two attached hydrogens (primary N) is 1. The van der Waals surface area contributed by atoms with Crippen molar-refractivity contribution < 1.29 is 17.6 Å². The van der Waals surface area contributed by atoms with E-state index in [0.29, 0.717) is 17.9 Å². The van der Waals surface area contributed by atoms with E-state index >= 15 is 0 Å². The summed E-state index contributed by atoms with van der Waals surface area (Å²) in [5.74, 6) is -0.968. The Balaban J connectivity index is 2.97. The molecule has 0 aliphatic heterocycles. The van der Waals surface area contributed by atoms with Gasteiger partial charge in [0.15, 0.2) is 0 Å². The summed E-state index contributed by atoms with van der Waals surface area (Å²) in [6, 6.07) is 2.41. The van der Waals surface area contributed by atoms with Crippen molar-refractivity contribution in [1.82, 2.24) is 0 Å². The monoisotopic (exact) mass is 249 g/mol. The fourth-order valence-corrected chi connectivity index (χ4v) is 1.64. The van der Waals surface area contributed by atoms with Crippen LogP contribution in [-0.4, -0.2) is 0 Å². The van der Waals surface area contributed by atoms with Crippen LogP contribution in [0.1, 0.15) is 37.4 Å². The minimum absolute atomic E-state index is 0.301. The summed E-state index contributed by atoms with van der Waals surface area (Å²) in [6.07, 6.45) is -4.06. The molecule has 1 aromatic carbocycles. The van der Waals surface area contributed by atoms with Crippen LogP contribution in [0.4, 0.5) is 17.6 Å². The molecule has 0 aliphatic carbocycles. The lowest BCUT2D eigenvalue weighted by Crippen LogP contribution is -2.15. The minimum atomic E-state index is -4.66. The molecule has 17 heavy (non-hydrogen) atoms. The van der Waals surface area contributed by atoms with Crippen LogP contribution in [-0.2, 0) is 6.18 Å². The van der Waals surface area contributed by atoms with Gasteiger partial charge in [0, 0.05) is 6.04 Å². The zero-order valence-electron chi connectivity index (χ0n) is 9.68. The Morgan fingerprint density at radius 3 is 2.24 bits per heavy atom. The molecule has 0 aromatic heterocycles. The molecule has 0 bridgehead atoms. The molecule has 0 saturated heterocycles. The van der Waals surface area contributed by atoms with Crippen molar-refractivity contribution >= 4 is 0 Å². The van der Waals surface area contributed by atoms with Gasteiger partial charge in [0.1, 0.15) is 5.82 Å². The molecule has 1 aromatic rings. The molecule has 1 atom stereocenters. The Bertz CT molecular complexity index is 385. The van der Waals surface area contributed by atoms with Crippen LogP contribution in [0.15, 0.2) is 18.2 Å². The lowest BCUT2D eigenvalue weighted by molar-refractivity contribution is -0.140. The van der Waals surface area contributed by atoms with Crippen LogP contribution in [0, 0.1) is 11.7 Å². The van der Waals surface area contributed by atoms with Gasteiger partial charge in [-0.2, -0.15) is 13.2 Å². The number of rotatable bonds is 3. The maximum absolute atomic E-state index is 13.3. The topological polar surface area (TPSA) is 26.0 Å². The highest BCUT2D eigenvalue weighted by atomic mass is 19.4. The summed E-state index contributed by atoms with van der Waals surface area (Å²) in [6.45, 7) is 3.89. The van der Waals surface area contributed by atoms with Crippen molar-refractivity contribution in [3.63, 3.8) is 0 Å². The van der Waals surface area contributed by atoms with Gasteiger partial charge < -0.3 is 5.73 Å². The molecule has 0 spiro atoms. The fraction of sp³-hybridized carbons (Fsp3) is 0.500. The maximum atomic E-state index is 13.3. The Hall–Kier alpha value is -1.10. The SMILES string of the molecule is CC(C)CC(N)c1ccc(C(F)(F)F)c(F)c1. The van der Waals surface area contributed by atoms with Gasteiger partial charge in [0.2, 0.25) is 0 Å². The highest BCUT2D eigenvalue weighted by Crippen LogP contribution is 2.32. The second kappa shape index (κ2) is 5.04. The first-order valence-electron chi connectivity index (χ1n) is 5.34. The zero-order chi connectivity index (χ0) is 13.2. The van der Waals surface area contributed by atoms with Gasteiger partial charge >= 0.3 is 6.18 Å². The summed E-state index contributed by atoms with van der Waals surface area (Å²) in [4.78, 5) is 0. The first-order valence-corrected chi connectivity index (χ1v) is 5.34. The highest BCUT2D eigenvalue weighted by molar-refractivity contribution is 5.28. The Morgan fingerprint density at radius 2 is 1.82 bits per heavy atom. The second-order valence-corrected chi connectivity index (χ2v) is 4.47. The predicted octanol–water partition coefficient (Wildman–Crippen LogP) is 3.89.